The van der Waals surface area contributed by atoms with Crippen LogP contribution in [0.3, 0.4) is 0 Å². The molecule has 1 amide bonds. The second kappa shape index (κ2) is 5.97. The highest BCUT2D eigenvalue weighted by Gasteiger charge is 2.21. The van der Waals surface area contributed by atoms with Gasteiger partial charge in [0, 0.05) is 13.2 Å². The average molecular weight is 270 g/mol. The van der Waals surface area contributed by atoms with E-state index in [9.17, 15) is 13.6 Å². The third-order valence-electron chi connectivity index (χ3n) is 2.89. The molecule has 0 radical (unpaired) electrons. The van der Waals surface area contributed by atoms with Crippen molar-refractivity contribution in [3.05, 3.63) is 29.3 Å². The second-order valence-electron chi connectivity index (χ2n) is 4.63. The summed E-state index contributed by atoms with van der Waals surface area (Å²) in [6.07, 6.45) is 2.39. The largest absolute Gasteiger partial charge is 0.396 e. The molecule has 0 heterocycles. The standard InChI is InChI=1S/C13H16F2N2O2/c14-9-5-10(12(15)11(16)6-9)13(18)17-3-4-19-7-8-1-2-8/h5-6,8H,1-4,7,16H2,(H,17,18). The maximum Gasteiger partial charge on any atom is 0.254 e. The minimum Gasteiger partial charge on any atom is -0.396 e. The van der Waals surface area contributed by atoms with Gasteiger partial charge in [0.05, 0.1) is 17.9 Å². The quantitative estimate of drug-likeness (QED) is 0.611. The van der Waals surface area contributed by atoms with Crippen LogP contribution in [0.2, 0.25) is 0 Å². The molecule has 0 saturated heterocycles. The minimum absolute atomic E-state index is 0.251. The normalized spacial score (nSPS) is 14.4. The first kappa shape index (κ1) is 13.7. The summed E-state index contributed by atoms with van der Waals surface area (Å²) >= 11 is 0. The Morgan fingerprint density at radius 2 is 2.16 bits per heavy atom. The van der Waals surface area contributed by atoms with Crippen molar-refractivity contribution in [2.45, 2.75) is 12.8 Å². The zero-order chi connectivity index (χ0) is 13.8. The zero-order valence-electron chi connectivity index (χ0n) is 10.4. The van der Waals surface area contributed by atoms with E-state index in [2.05, 4.69) is 5.32 Å². The number of hydrogen-bond acceptors (Lipinski definition) is 3. The van der Waals surface area contributed by atoms with Crippen LogP contribution < -0.4 is 11.1 Å². The van der Waals surface area contributed by atoms with Crippen LogP contribution in [0.1, 0.15) is 23.2 Å². The van der Waals surface area contributed by atoms with Crippen LogP contribution >= 0.6 is 0 Å². The highest BCUT2D eigenvalue weighted by Crippen LogP contribution is 2.28. The van der Waals surface area contributed by atoms with E-state index in [1.807, 2.05) is 0 Å². The van der Waals surface area contributed by atoms with Gasteiger partial charge in [0.25, 0.3) is 5.91 Å². The molecule has 6 heteroatoms. The molecule has 4 nitrogen and oxygen atoms in total. The van der Waals surface area contributed by atoms with Crippen molar-refractivity contribution in [1.29, 1.82) is 0 Å². The molecule has 1 aliphatic rings. The average Bonchev–Trinajstić information content (AvgIpc) is 3.17. The van der Waals surface area contributed by atoms with E-state index in [4.69, 9.17) is 10.5 Å². The fourth-order valence-corrected chi connectivity index (χ4v) is 1.64. The van der Waals surface area contributed by atoms with Crippen molar-refractivity contribution >= 4 is 11.6 Å². The molecule has 0 spiro atoms. The molecule has 0 unspecified atom stereocenters. The fourth-order valence-electron chi connectivity index (χ4n) is 1.64. The third-order valence-corrected chi connectivity index (χ3v) is 2.89. The Kier molecular flexibility index (Phi) is 4.31. The summed E-state index contributed by atoms with van der Waals surface area (Å²) in [4.78, 5) is 11.7. The van der Waals surface area contributed by atoms with E-state index < -0.39 is 17.5 Å². The Hall–Kier alpha value is -1.69. The van der Waals surface area contributed by atoms with E-state index in [0.29, 0.717) is 19.1 Å². The van der Waals surface area contributed by atoms with Crippen molar-refractivity contribution < 1.29 is 18.3 Å². The van der Waals surface area contributed by atoms with Gasteiger partial charge in [0.2, 0.25) is 0 Å². The number of ether oxygens (including phenoxy) is 1. The van der Waals surface area contributed by atoms with Gasteiger partial charge in [-0.15, -0.1) is 0 Å². The topological polar surface area (TPSA) is 64.4 Å². The number of rotatable bonds is 6. The molecule has 19 heavy (non-hydrogen) atoms. The van der Waals surface area contributed by atoms with Crippen molar-refractivity contribution in [3.8, 4) is 0 Å². The van der Waals surface area contributed by atoms with Gasteiger partial charge in [-0.3, -0.25) is 4.79 Å². The van der Waals surface area contributed by atoms with Crippen LogP contribution in [0.15, 0.2) is 12.1 Å². The lowest BCUT2D eigenvalue weighted by Crippen LogP contribution is -2.28. The summed E-state index contributed by atoms with van der Waals surface area (Å²) in [5.41, 5.74) is 4.49. The van der Waals surface area contributed by atoms with Crippen molar-refractivity contribution in [3.63, 3.8) is 0 Å². The number of carbonyl (C=O) groups is 1. The van der Waals surface area contributed by atoms with Gasteiger partial charge < -0.3 is 15.8 Å². The molecule has 3 N–H and O–H groups in total. The maximum atomic E-state index is 13.5. The van der Waals surface area contributed by atoms with Gasteiger partial charge in [-0.05, 0) is 30.9 Å². The summed E-state index contributed by atoms with van der Waals surface area (Å²) in [5, 5.41) is 2.46. The molecule has 1 aromatic rings. The minimum atomic E-state index is -0.905. The number of halogens is 2. The summed E-state index contributed by atoms with van der Waals surface area (Å²) in [5.74, 6) is -1.69. The lowest BCUT2D eigenvalue weighted by atomic mass is 10.1. The summed E-state index contributed by atoms with van der Waals surface area (Å²) < 4.78 is 31.9. The van der Waals surface area contributed by atoms with Crippen LogP contribution in [0.25, 0.3) is 0 Å². The number of amides is 1. The van der Waals surface area contributed by atoms with Gasteiger partial charge in [-0.2, -0.15) is 0 Å². The summed E-state index contributed by atoms with van der Waals surface area (Å²) in [7, 11) is 0. The molecule has 104 valence electrons. The number of anilines is 1. The van der Waals surface area contributed by atoms with Gasteiger partial charge in [-0.1, -0.05) is 0 Å². The molecule has 1 aromatic carbocycles. The van der Waals surface area contributed by atoms with E-state index >= 15 is 0 Å². The third kappa shape index (κ3) is 3.89. The molecule has 1 fully saturated rings. The molecule has 0 aliphatic heterocycles. The predicted octanol–water partition coefficient (Wildman–Crippen LogP) is 1.70. The molecule has 0 aromatic heterocycles. The molecule has 2 rings (SSSR count). The number of nitrogens with two attached hydrogens (primary N) is 1. The zero-order valence-corrected chi connectivity index (χ0v) is 10.4. The predicted molar refractivity (Wildman–Crippen MR) is 66.6 cm³/mol. The maximum absolute atomic E-state index is 13.5. The molecular formula is C13H16F2N2O2. The molecule has 0 atom stereocenters. The Morgan fingerprint density at radius 3 is 2.84 bits per heavy atom. The van der Waals surface area contributed by atoms with Crippen molar-refractivity contribution in [2.75, 3.05) is 25.5 Å². The van der Waals surface area contributed by atoms with Crippen LogP contribution in [0.5, 0.6) is 0 Å². The molecular weight excluding hydrogens is 254 g/mol. The lowest BCUT2D eigenvalue weighted by Gasteiger charge is -2.08. The van der Waals surface area contributed by atoms with Crippen molar-refractivity contribution in [2.24, 2.45) is 5.92 Å². The number of nitrogen functional groups attached to an aromatic ring is 1. The van der Waals surface area contributed by atoms with Crippen molar-refractivity contribution in [1.82, 2.24) is 5.32 Å². The van der Waals surface area contributed by atoms with Crippen LogP contribution in [0.4, 0.5) is 14.5 Å². The first-order chi connectivity index (χ1) is 9.08. The number of carbonyl (C=O) groups excluding carboxylic acids is 1. The first-order valence-corrected chi connectivity index (χ1v) is 6.18. The van der Waals surface area contributed by atoms with Gasteiger partial charge in [-0.25, -0.2) is 8.78 Å². The Labute approximate surface area is 109 Å². The van der Waals surface area contributed by atoms with Crippen LogP contribution in [-0.2, 0) is 4.74 Å². The van der Waals surface area contributed by atoms with E-state index in [1.54, 1.807) is 0 Å². The van der Waals surface area contributed by atoms with E-state index in [1.165, 1.54) is 12.8 Å². The van der Waals surface area contributed by atoms with E-state index in [0.717, 1.165) is 12.1 Å². The highest BCUT2D eigenvalue weighted by atomic mass is 19.1. The number of benzene rings is 1. The molecule has 1 saturated carbocycles. The summed E-state index contributed by atoms with van der Waals surface area (Å²) in [6.45, 7) is 1.30. The fraction of sp³-hybridized carbons (Fsp3) is 0.462. The Bertz CT molecular complexity index is 476. The lowest BCUT2D eigenvalue weighted by molar-refractivity contribution is 0.0902. The number of nitrogens with one attached hydrogen (secondary N) is 1. The first-order valence-electron chi connectivity index (χ1n) is 6.18. The van der Waals surface area contributed by atoms with Crippen LogP contribution in [0, 0.1) is 17.6 Å². The second-order valence-corrected chi connectivity index (χ2v) is 4.63. The van der Waals surface area contributed by atoms with Gasteiger partial charge in [0.15, 0.2) is 5.82 Å². The molecule has 0 bridgehead atoms. The molecule has 1 aliphatic carbocycles. The SMILES string of the molecule is Nc1cc(F)cc(C(=O)NCCOCC2CC2)c1F. The van der Waals surface area contributed by atoms with Gasteiger partial charge in [0.1, 0.15) is 5.82 Å². The Balaban J connectivity index is 1.81. The summed E-state index contributed by atoms with van der Waals surface area (Å²) in [6, 6.07) is 1.66. The number of hydrogen-bond donors (Lipinski definition) is 2. The smallest absolute Gasteiger partial charge is 0.254 e. The van der Waals surface area contributed by atoms with E-state index in [-0.39, 0.29) is 17.8 Å². The highest BCUT2D eigenvalue weighted by molar-refractivity contribution is 5.95. The Morgan fingerprint density at radius 1 is 1.42 bits per heavy atom. The monoisotopic (exact) mass is 270 g/mol. The van der Waals surface area contributed by atoms with Crippen LogP contribution in [-0.4, -0.2) is 25.7 Å². The van der Waals surface area contributed by atoms with Gasteiger partial charge >= 0.3 is 0 Å².